The number of aryl methyl sites for hydroxylation is 1. The van der Waals surface area contributed by atoms with Crippen LogP contribution in [0, 0.1) is 0 Å². The second-order valence-electron chi connectivity index (χ2n) is 5.27. The highest BCUT2D eigenvalue weighted by atomic mass is 35.5. The lowest BCUT2D eigenvalue weighted by molar-refractivity contribution is 0.103. The third-order valence-electron chi connectivity index (χ3n) is 3.53. The molecule has 0 saturated heterocycles. The summed E-state index contributed by atoms with van der Waals surface area (Å²) in [4.78, 5) is 12.7. The maximum atomic E-state index is 12.7. The van der Waals surface area contributed by atoms with Gasteiger partial charge in [-0.3, -0.25) is 4.79 Å². The SMILES string of the molecule is C=CCNc1c(S(C)(=O)=O)ccc(C(=O)c2cnn(CC)c2O)c1Cl. The molecular weight excluding hydrogens is 366 g/mol. The molecule has 1 heterocycles. The molecular formula is C16H18ClN3O4S. The Bertz CT molecular complexity index is 935. The number of benzene rings is 1. The molecule has 2 aromatic rings. The molecule has 0 aliphatic rings. The number of aromatic hydroxyl groups is 1. The maximum Gasteiger partial charge on any atom is 0.220 e. The number of anilines is 1. The molecule has 0 atom stereocenters. The predicted octanol–water partition coefficient (Wildman–Crippen LogP) is 2.49. The maximum absolute atomic E-state index is 12.7. The monoisotopic (exact) mass is 383 g/mol. The molecule has 9 heteroatoms. The van der Waals surface area contributed by atoms with E-state index in [4.69, 9.17) is 11.6 Å². The fourth-order valence-electron chi connectivity index (χ4n) is 2.30. The van der Waals surface area contributed by atoms with Gasteiger partial charge in [-0.05, 0) is 19.1 Å². The number of sulfone groups is 1. The fourth-order valence-corrected chi connectivity index (χ4v) is 3.53. The van der Waals surface area contributed by atoms with E-state index >= 15 is 0 Å². The highest BCUT2D eigenvalue weighted by Gasteiger charge is 2.25. The van der Waals surface area contributed by atoms with Gasteiger partial charge in [-0.2, -0.15) is 5.10 Å². The van der Waals surface area contributed by atoms with E-state index in [1.54, 1.807) is 6.92 Å². The average Bonchev–Trinajstić information content (AvgIpc) is 2.92. The van der Waals surface area contributed by atoms with Gasteiger partial charge in [-0.15, -0.1) is 6.58 Å². The number of aromatic nitrogens is 2. The highest BCUT2D eigenvalue weighted by Crippen LogP contribution is 2.35. The van der Waals surface area contributed by atoms with Crippen molar-refractivity contribution < 1.29 is 18.3 Å². The first-order valence-corrected chi connectivity index (χ1v) is 9.66. The lowest BCUT2D eigenvalue weighted by Crippen LogP contribution is -2.10. The number of halogens is 1. The van der Waals surface area contributed by atoms with E-state index < -0.39 is 15.6 Å². The van der Waals surface area contributed by atoms with Crippen LogP contribution in [0.5, 0.6) is 5.88 Å². The normalized spacial score (nSPS) is 11.3. The summed E-state index contributed by atoms with van der Waals surface area (Å²) < 4.78 is 25.2. The molecule has 0 fully saturated rings. The van der Waals surface area contributed by atoms with E-state index in [9.17, 15) is 18.3 Å². The zero-order valence-electron chi connectivity index (χ0n) is 13.8. The minimum Gasteiger partial charge on any atom is -0.493 e. The summed E-state index contributed by atoms with van der Waals surface area (Å²) in [6.07, 6.45) is 3.84. The van der Waals surface area contributed by atoms with Crippen molar-refractivity contribution in [2.45, 2.75) is 18.4 Å². The molecule has 0 bridgehead atoms. The first-order chi connectivity index (χ1) is 11.7. The lowest BCUT2D eigenvalue weighted by Gasteiger charge is -2.14. The van der Waals surface area contributed by atoms with Crippen LogP contribution in [0.3, 0.4) is 0 Å². The topological polar surface area (TPSA) is 101 Å². The van der Waals surface area contributed by atoms with Crippen molar-refractivity contribution in [3.05, 3.63) is 47.1 Å². The van der Waals surface area contributed by atoms with Crippen molar-refractivity contribution in [2.24, 2.45) is 0 Å². The van der Waals surface area contributed by atoms with E-state index in [1.807, 2.05) is 0 Å². The summed E-state index contributed by atoms with van der Waals surface area (Å²) >= 11 is 6.30. The second kappa shape index (κ2) is 7.28. The Kier molecular flexibility index (Phi) is 5.54. The number of ketones is 1. The van der Waals surface area contributed by atoms with Gasteiger partial charge in [-0.25, -0.2) is 13.1 Å². The van der Waals surface area contributed by atoms with Crippen molar-refractivity contribution in [3.8, 4) is 5.88 Å². The summed E-state index contributed by atoms with van der Waals surface area (Å²) in [5.41, 5.74) is 0.175. The van der Waals surface area contributed by atoms with Crippen LogP contribution in [-0.4, -0.2) is 41.9 Å². The van der Waals surface area contributed by atoms with Gasteiger partial charge in [0.05, 0.1) is 21.8 Å². The van der Waals surface area contributed by atoms with Gasteiger partial charge >= 0.3 is 0 Å². The first-order valence-electron chi connectivity index (χ1n) is 7.39. The van der Waals surface area contributed by atoms with Crippen molar-refractivity contribution in [1.82, 2.24) is 9.78 Å². The molecule has 7 nitrogen and oxygen atoms in total. The predicted molar refractivity (Wildman–Crippen MR) is 96.2 cm³/mol. The molecule has 134 valence electrons. The van der Waals surface area contributed by atoms with Crippen molar-refractivity contribution in [3.63, 3.8) is 0 Å². The van der Waals surface area contributed by atoms with Crippen LogP contribution in [0.25, 0.3) is 0 Å². The van der Waals surface area contributed by atoms with Crippen molar-refractivity contribution in [2.75, 3.05) is 18.1 Å². The molecule has 2 N–H and O–H groups in total. The number of carbonyl (C=O) groups excluding carboxylic acids is 1. The Labute approximate surface area is 150 Å². The van der Waals surface area contributed by atoms with Crippen LogP contribution in [-0.2, 0) is 16.4 Å². The Morgan fingerprint density at radius 2 is 2.12 bits per heavy atom. The molecule has 1 aromatic carbocycles. The molecule has 0 amide bonds. The van der Waals surface area contributed by atoms with Gasteiger partial charge in [0, 0.05) is 24.9 Å². The van der Waals surface area contributed by atoms with Gasteiger partial charge in [-0.1, -0.05) is 17.7 Å². The number of nitrogens with one attached hydrogen (secondary N) is 1. The van der Waals surface area contributed by atoms with E-state index in [0.717, 1.165) is 6.26 Å². The number of nitrogens with zero attached hydrogens (tertiary/aromatic N) is 2. The van der Waals surface area contributed by atoms with Crippen molar-refractivity contribution >= 4 is 32.9 Å². The molecule has 1 aromatic heterocycles. The van der Waals surface area contributed by atoms with Crippen LogP contribution in [0.2, 0.25) is 5.02 Å². The third kappa shape index (κ3) is 3.69. The highest BCUT2D eigenvalue weighted by molar-refractivity contribution is 7.90. The molecule has 0 spiro atoms. The Balaban J connectivity index is 2.60. The van der Waals surface area contributed by atoms with Crippen LogP contribution < -0.4 is 5.32 Å². The van der Waals surface area contributed by atoms with Crippen LogP contribution >= 0.6 is 11.6 Å². The van der Waals surface area contributed by atoms with Gasteiger partial charge in [0.2, 0.25) is 11.7 Å². The molecule has 0 aliphatic carbocycles. The Morgan fingerprint density at radius 1 is 1.44 bits per heavy atom. The molecule has 0 aliphatic heterocycles. The lowest BCUT2D eigenvalue weighted by atomic mass is 10.0. The summed E-state index contributed by atoms with van der Waals surface area (Å²) in [6.45, 7) is 5.99. The largest absolute Gasteiger partial charge is 0.493 e. The van der Waals surface area contributed by atoms with Gasteiger partial charge in [0.15, 0.2) is 9.84 Å². The van der Waals surface area contributed by atoms with Gasteiger partial charge in [0.1, 0.15) is 5.56 Å². The summed E-state index contributed by atoms with van der Waals surface area (Å²) in [5, 5.41) is 16.8. The van der Waals surface area contributed by atoms with Crippen molar-refractivity contribution in [1.29, 1.82) is 0 Å². The van der Waals surface area contributed by atoms with Crippen LogP contribution in [0.1, 0.15) is 22.8 Å². The minimum atomic E-state index is -3.56. The van der Waals surface area contributed by atoms with Crippen LogP contribution in [0.15, 0.2) is 35.9 Å². The fraction of sp³-hybridized carbons (Fsp3) is 0.250. The second-order valence-corrected chi connectivity index (χ2v) is 7.63. The van der Waals surface area contributed by atoms with E-state index in [-0.39, 0.29) is 39.2 Å². The smallest absolute Gasteiger partial charge is 0.220 e. The number of carbonyl (C=O) groups is 1. The van der Waals surface area contributed by atoms with Crippen LogP contribution in [0.4, 0.5) is 5.69 Å². The molecule has 0 unspecified atom stereocenters. The first kappa shape index (κ1) is 19.0. The minimum absolute atomic E-state index is 0.00877. The quantitative estimate of drug-likeness (QED) is 0.562. The number of hydrogen-bond acceptors (Lipinski definition) is 6. The Morgan fingerprint density at radius 3 is 2.64 bits per heavy atom. The van der Waals surface area contributed by atoms with E-state index in [1.165, 1.54) is 29.1 Å². The van der Waals surface area contributed by atoms with Gasteiger partial charge < -0.3 is 10.4 Å². The molecule has 25 heavy (non-hydrogen) atoms. The number of hydrogen-bond donors (Lipinski definition) is 2. The summed E-state index contributed by atoms with van der Waals surface area (Å²) in [7, 11) is -3.56. The van der Waals surface area contributed by atoms with E-state index in [0.29, 0.717) is 6.54 Å². The summed E-state index contributed by atoms with van der Waals surface area (Å²) in [5.74, 6) is -0.819. The Hall–Kier alpha value is -2.32. The summed E-state index contributed by atoms with van der Waals surface area (Å²) in [6, 6.07) is 2.63. The zero-order chi connectivity index (χ0) is 18.8. The molecule has 0 radical (unpaired) electrons. The zero-order valence-corrected chi connectivity index (χ0v) is 15.4. The third-order valence-corrected chi connectivity index (χ3v) is 5.06. The van der Waals surface area contributed by atoms with E-state index in [2.05, 4.69) is 17.0 Å². The molecule has 2 rings (SSSR count). The number of rotatable bonds is 7. The van der Waals surface area contributed by atoms with Gasteiger partial charge in [0.25, 0.3) is 0 Å². The molecule has 0 saturated carbocycles. The average molecular weight is 384 g/mol. The standard InChI is InChI=1S/C16H18ClN3O4S/c1-4-8-18-14-12(25(3,23)24)7-6-10(13(14)17)15(21)11-9-19-20(5-2)16(11)22/h4,6-7,9,18,22H,1,5,8H2,2-3H3.